The van der Waals surface area contributed by atoms with E-state index in [1.165, 1.54) is 17.4 Å². The van der Waals surface area contributed by atoms with E-state index in [0.717, 1.165) is 41.2 Å². The van der Waals surface area contributed by atoms with Crippen LogP contribution in [0.5, 0.6) is 5.88 Å². The van der Waals surface area contributed by atoms with Crippen molar-refractivity contribution in [2.75, 3.05) is 6.54 Å². The summed E-state index contributed by atoms with van der Waals surface area (Å²) in [5.74, 6) is 0.408. The maximum atomic E-state index is 13.7. The summed E-state index contributed by atoms with van der Waals surface area (Å²) >= 11 is 1.46. The molecule has 10 heteroatoms. The van der Waals surface area contributed by atoms with Gasteiger partial charge in [0, 0.05) is 47.6 Å². The Morgan fingerprint density at radius 3 is 2.73 bits per heavy atom. The van der Waals surface area contributed by atoms with Crippen molar-refractivity contribution in [1.29, 1.82) is 0 Å². The van der Waals surface area contributed by atoms with Crippen LogP contribution in [-0.4, -0.2) is 44.4 Å². The number of likely N-dealkylation sites (tertiary alicyclic amines) is 1. The highest BCUT2D eigenvalue weighted by atomic mass is 32.1. The molecule has 3 fully saturated rings. The molecule has 6 nitrogen and oxygen atoms in total. The average molecular weight is 472 g/mol. The molecular formula is C23H19F3N4O2S. The van der Waals surface area contributed by atoms with Crippen molar-refractivity contribution in [3.63, 3.8) is 0 Å². The number of pyridine rings is 2. The topological polar surface area (TPSA) is 68.2 Å². The fourth-order valence-electron chi connectivity index (χ4n) is 5.50. The van der Waals surface area contributed by atoms with E-state index in [9.17, 15) is 18.0 Å². The van der Waals surface area contributed by atoms with Crippen LogP contribution < -0.4 is 4.74 Å². The zero-order chi connectivity index (χ0) is 23.0. The number of alkyl halides is 3. The molecule has 3 aliphatic rings. The van der Waals surface area contributed by atoms with Crippen molar-refractivity contribution in [3.05, 3.63) is 59.0 Å². The fraction of sp³-hybridized carbons (Fsp3) is 0.391. The molecule has 2 saturated carbocycles. The van der Waals surface area contributed by atoms with E-state index in [1.807, 2.05) is 23.3 Å². The van der Waals surface area contributed by atoms with E-state index in [4.69, 9.17) is 4.74 Å². The third-order valence-corrected chi connectivity index (χ3v) is 7.95. The predicted octanol–water partition coefficient (Wildman–Crippen LogP) is 4.61. The van der Waals surface area contributed by atoms with Crippen LogP contribution in [0.4, 0.5) is 13.2 Å². The Hall–Kier alpha value is -3.01. The normalized spacial score (nSPS) is 27.5. The lowest BCUT2D eigenvalue weighted by atomic mass is 9.73. The van der Waals surface area contributed by atoms with E-state index < -0.39 is 11.7 Å². The summed E-state index contributed by atoms with van der Waals surface area (Å²) < 4.78 is 44.4. The number of hydrogen-bond acceptors (Lipinski definition) is 6. The maximum absolute atomic E-state index is 13.7. The standard InChI is InChI=1S/C23H19F3N4O2S/c1-12-4-5-27-18(17(12)20-28-6-7-33-20)21(31)30-11-14-8-22(14)9-15(19(22)30)32-16-3-2-13(10-29-16)23(24,25)26/h2-7,10,14-15,19H,8-9,11H2,1H3. The molecule has 2 aliphatic carbocycles. The van der Waals surface area contributed by atoms with Crippen LogP contribution in [0.25, 0.3) is 10.6 Å². The van der Waals surface area contributed by atoms with Crippen LogP contribution in [0.2, 0.25) is 0 Å². The number of carbonyl (C=O) groups is 1. The highest BCUT2D eigenvalue weighted by Crippen LogP contribution is 2.71. The third kappa shape index (κ3) is 3.14. The number of thiazole rings is 1. The van der Waals surface area contributed by atoms with Crippen molar-refractivity contribution in [3.8, 4) is 16.5 Å². The number of aryl methyl sites for hydroxylation is 1. The number of nitrogens with zero attached hydrogens (tertiary/aromatic N) is 4. The zero-order valence-corrected chi connectivity index (χ0v) is 18.4. The van der Waals surface area contributed by atoms with Crippen LogP contribution in [0.15, 0.2) is 42.2 Å². The number of piperidine rings is 1. The van der Waals surface area contributed by atoms with Gasteiger partial charge in [-0.25, -0.2) is 9.97 Å². The number of halogens is 3. The van der Waals surface area contributed by atoms with Gasteiger partial charge in [0.05, 0.1) is 11.6 Å². The molecule has 6 rings (SSSR count). The summed E-state index contributed by atoms with van der Waals surface area (Å²) in [4.78, 5) is 28.1. The third-order valence-electron chi connectivity index (χ3n) is 7.16. The Labute approximate surface area is 191 Å². The summed E-state index contributed by atoms with van der Waals surface area (Å²) in [5, 5.41) is 2.61. The highest BCUT2D eigenvalue weighted by Gasteiger charge is 2.76. The van der Waals surface area contributed by atoms with Crippen molar-refractivity contribution >= 4 is 17.2 Å². The van der Waals surface area contributed by atoms with Gasteiger partial charge in [0.25, 0.3) is 5.91 Å². The Balaban J connectivity index is 1.26. The van der Waals surface area contributed by atoms with Crippen LogP contribution in [0.3, 0.4) is 0 Å². The van der Waals surface area contributed by atoms with E-state index in [1.54, 1.807) is 12.4 Å². The fourth-order valence-corrected chi connectivity index (χ4v) is 6.25. The molecule has 0 bridgehead atoms. The lowest BCUT2D eigenvalue weighted by Gasteiger charge is -2.46. The molecule has 1 amide bonds. The molecule has 3 aromatic heterocycles. The monoisotopic (exact) mass is 472 g/mol. The number of carbonyl (C=O) groups excluding carboxylic acids is 1. The number of aromatic nitrogens is 3. The summed E-state index contributed by atoms with van der Waals surface area (Å²) in [7, 11) is 0. The van der Waals surface area contributed by atoms with Gasteiger partial charge in [-0.2, -0.15) is 13.2 Å². The van der Waals surface area contributed by atoms with Gasteiger partial charge < -0.3 is 9.64 Å². The molecule has 0 N–H and O–H groups in total. The molecule has 4 unspecified atom stereocenters. The van der Waals surface area contributed by atoms with Gasteiger partial charge in [0.2, 0.25) is 5.88 Å². The maximum Gasteiger partial charge on any atom is 0.417 e. The minimum Gasteiger partial charge on any atom is -0.472 e. The van der Waals surface area contributed by atoms with Gasteiger partial charge >= 0.3 is 6.18 Å². The molecule has 1 spiro atoms. The van der Waals surface area contributed by atoms with Gasteiger partial charge in [0.1, 0.15) is 16.8 Å². The first kappa shape index (κ1) is 20.6. The van der Waals surface area contributed by atoms with Crippen LogP contribution in [0, 0.1) is 18.3 Å². The molecule has 4 heterocycles. The quantitative estimate of drug-likeness (QED) is 0.555. The molecule has 0 radical (unpaired) electrons. The molecular weight excluding hydrogens is 453 g/mol. The Kier molecular flexibility index (Phi) is 4.36. The van der Waals surface area contributed by atoms with Crippen molar-refractivity contribution < 1.29 is 22.7 Å². The van der Waals surface area contributed by atoms with Crippen LogP contribution in [-0.2, 0) is 6.18 Å². The summed E-state index contributed by atoms with van der Waals surface area (Å²) in [6.07, 6.45) is 1.17. The van der Waals surface area contributed by atoms with Gasteiger partial charge in [-0.15, -0.1) is 11.3 Å². The van der Waals surface area contributed by atoms with Gasteiger partial charge in [-0.05, 0) is 43.4 Å². The van der Waals surface area contributed by atoms with Crippen molar-refractivity contribution in [1.82, 2.24) is 19.9 Å². The van der Waals surface area contributed by atoms with Gasteiger partial charge in [-0.1, -0.05) is 0 Å². The first-order valence-corrected chi connectivity index (χ1v) is 11.5. The summed E-state index contributed by atoms with van der Waals surface area (Å²) in [5.41, 5.74) is 1.28. The zero-order valence-electron chi connectivity index (χ0n) is 17.5. The molecule has 1 saturated heterocycles. The Bertz CT molecular complexity index is 1230. The van der Waals surface area contributed by atoms with Crippen molar-refractivity contribution in [2.45, 2.75) is 38.1 Å². The lowest BCUT2D eigenvalue weighted by molar-refractivity contribution is -0.137. The molecule has 3 aromatic rings. The summed E-state index contributed by atoms with van der Waals surface area (Å²) in [6, 6.07) is 3.93. The van der Waals surface area contributed by atoms with E-state index >= 15 is 0 Å². The van der Waals surface area contributed by atoms with E-state index in [0.29, 0.717) is 18.2 Å². The SMILES string of the molecule is Cc1ccnc(C(=O)N2CC3CC34CC(Oc3ccc(C(F)(F)F)cn3)C24)c1-c1nccs1. The Morgan fingerprint density at radius 1 is 1.18 bits per heavy atom. The smallest absolute Gasteiger partial charge is 0.417 e. The number of rotatable bonds is 4. The second-order valence-electron chi connectivity index (χ2n) is 8.97. The van der Waals surface area contributed by atoms with E-state index in [-0.39, 0.29) is 29.3 Å². The number of hydrogen-bond donors (Lipinski definition) is 0. The highest BCUT2D eigenvalue weighted by molar-refractivity contribution is 7.13. The second kappa shape index (κ2) is 6.99. The minimum absolute atomic E-state index is 0.0530. The van der Waals surface area contributed by atoms with Gasteiger partial charge in [0.15, 0.2) is 0 Å². The molecule has 170 valence electrons. The van der Waals surface area contributed by atoms with Gasteiger partial charge in [-0.3, -0.25) is 9.78 Å². The first-order chi connectivity index (χ1) is 15.8. The minimum atomic E-state index is -4.45. The van der Waals surface area contributed by atoms with Crippen molar-refractivity contribution in [2.24, 2.45) is 11.3 Å². The molecule has 33 heavy (non-hydrogen) atoms. The summed E-state index contributed by atoms with van der Waals surface area (Å²) in [6.45, 7) is 2.57. The first-order valence-electron chi connectivity index (χ1n) is 10.6. The van der Waals surface area contributed by atoms with Crippen LogP contribution >= 0.6 is 11.3 Å². The molecule has 4 atom stereocenters. The van der Waals surface area contributed by atoms with E-state index in [2.05, 4.69) is 15.0 Å². The lowest BCUT2D eigenvalue weighted by Crippen LogP contribution is -2.59. The average Bonchev–Trinajstić information content (AvgIpc) is 3.14. The van der Waals surface area contributed by atoms with Crippen LogP contribution in [0.1, 0.15) is 34.5 Å². The predicted molar refractivity (Wildman–Crippen MR) is 114 cm³/mol. The second-order valence-corrected chi connectivity index (χ2v) is 9.86. The molecule has 0 aromatic carbocycles. The Morgan fingerprint density at radius 2 is 2.03 bits per heavy atom. The molecule has 1 aliphatic heterocycles. The largest absolute Gasteiger partial charge is 0.472 e. The number of amides is 1. The number of ether oxygens (including phenoxy) is 1.